The first kappa shape index (κ1) is 15.4. The molecule has 1 aromatic rings. The third-order valence-corrected chi connectivity index (χ3v) is 3.59. The molecule has 1 aromatic carbocycles. The molecule has 0 aliphatic heterocycles. The lowest BCUT2D eigenvalue weighted by molar-refractivity contribution is -0.140. The van der Waals surface area contributed by atoms with E-state index in [-0.39, 0.29) is 5.75 Å². The summed E-state index contributed by atoms with van der Waals surface area (Å²) in [6, 6.07) is 4.71. The fourth-order valence-corrected chi connectivity index (χ4v) is 2.20. The van der Waals surface area contributed by atoms with Crippen LogP contribution in [-0.4, -0.2) is 16.8 Å². The van der Waals surface area contributed by atoms with E-state index in [4.69, 9.17) is 10.4 Å². The van der Waals surface area contributed by atoms with Crippen LogP contribution in [0.2, 0.25) is 0 Å². The molecule has 102 valence electrons. The fourth-order valence-electron chi connectivity index (χ4n) is 1.25. The minimum atomic E-state index is -4.57. The number of halogens is 3. The van der Waals surface area contributed by atoms with Gasteiger partial charge < -0.3 is 5.11 Å². The van der Waals surface area contributed by atoms with Gasteiger partial charge in [0.2, 0.25) is 0 Å². The van der Waals surface area contributed by atoms with Crippen LogP contribution < -0.4 is 0 Å². The van der Waals surface area contributed by atoms with Crippen molar-refractivity contribution in [3.63, 3.8) is 0 Å². The molecule has 0 bridgehead atoms. The lowest BCUT2D eigenvalue weighted by atomic mass is 10.1. The van der Waals surface area contributed by atoms with Gasteiger partial charge in [-0.2, -0.15) is 18.4 Å². The largest absolute Gasteiger partial charge is 0.481 e. The molecule has 0 spiro atoms. The minimum absolute atomic E-state index is 0.228. The van der Waals surface area contributed by atoms with Crippen LogP contribution in [0.25, 0.3) is 0 Å². The van der Waals surface area contributed by atoms with Crippen molar-refractivity contribution in [3.05, 3.63) is 29.3 Å². The zero-order chi connectivity index (χ0) is 14.6. The lowest BCUT2D eigenvalue weighted by Crippen LogP contribution is -2.12. The van der Waals surface area contributed by atoms with Gasteiger partial charge in [0, 0.05) is 10.6 Å². The molecule has 3 nitrogen and oxygen atoms in total. The molecule has 19 heavy (non-hydrogen) atoms. The van der Waals surface area contributed by atoms with Gasteiger partial charge in [0.05, 0.1) is 23.1 Å². The predicted molar refractivity (Wildman–Crippen MR) is 63.7 cm³/mol. The average Bonchev–Trinajstić information content (AvgIpc) is 2.34. The summed E-state index contributed by atoms with van der Waals surface area (Å²) in [5.41, 5.74) is -1.44. The molecule has 0 radical (unpaired) electrons. The van der Waals surface area contributed by atoms with Gasteiger partial charge in [-0.1, -0.05) is 6.92 Å². The number of benzene rings is 1. The van der Waals surface area contributed by atoms with Crippen molar-refractivity contribution in [1.82, 2.24) is 0 Å². The minimum Gasteiger partial charge on any atom is -0.481 e. The zero-order valence-electron chi connectivity index (χ0n) is 9.86. The number of nitrogens with zero attached hydrogens (tertiary/aromatic N) is 1. The van der Waals surface area contributed by atoms with Crippen LogP contribution in [0, 0.1) is 17.2 Å². The number of carboxylic acids is 1. The highest BCUT2D eigenvalue weighted by molar-refractivity contribution is 7.99. The lowest BCUT2D eigenvalue weighted by Gasteiger charge is -2.10. The topological polar surface area (TPSA) is 61.1 Å². The van der Waals surface area contributed by atoms with Crippen LogP contribution in [0.15, 0.2) is 23.1 Å². The van der Waals surface area contributed by atoms with E-state index in [1.807, 2.05) is 0 Å². The number of rotatable bonds is 4. The summed E-state index contributed by atoms with van der Waals surface area (Å²) in [6.45, 7) is 1.50. The second kappa shape index (κ2) is 5.97. The SMILES string of the molecule is CC(CSc1ccc(C(F)(F)F)c(C#N)c1)C(=O)O. The van der Waals surface area contributed by atoms with E-state index in [9.17, 15) is 18.0 Å². The van der Waals surface area contributed by atoms with E-state index in [1.165, 1.54) is 19.1 Å². The molecule has 0 aliphatic rings. The van der Waals surface area contributed by atoms with Crippen molar-refractivity contribution < 1.29 is 23.1 Å². The number of thioether (sulfide) groups is 1. The number of carboxylic acid groups (broad SMARTS) is 1. The normalized spacial score (nSPS) is 12.8. The number of nitriles is 1. The highest BCUT2D eigenvalue weighted by Gasteiger charge is 2.33. The maximum atomic E-state index is 12.6. The Labute approximate surface area is 112 Å². The zero-order valence-corrected chi connectivity index (χ0v) is 10.7. The Morgan fingerprint density at radius 3 is 2.63 bits per heavy atom. The van der Waals surface area contributed by atoms with Gasteiger partial charge in [0.1, 0.15) is 0 Å². The van der Waals surface area contributed by atoms with Gasteiger partial charge in [-0.15, -0.1) is 11.8 Å². The Morgan fingerprint density at radius 1 is 1.53 bits per heavy atom. The van der Waals surface area contributed by atoms with Crippen molar-refractivity contribution in [3.8, 4) is 6.07 Å². The van der Waals surface area contributed by atoms with Gasteiger partial charge in [0.25, 0.3) is 0 Å². The Morgan fingerprint density at radius 2 is 2.16 bits per heavy atom. The Kier molecular flexibility index (Phi) is 4.84. The van der Waals surface area contributed by atoms with E-state index < -0.39 is 29.2 Å². The molecule has 0 aliphatic carbocycles. The second-order valence-electron chi connectivity index (χ2n) is 3.87. The third-order valence-electron chi connectivity index (χ3n) is 2.34. The Bertz CT molecular complexity index is 523. The van der Waals surface area contributed by atoms with Crippen LogP contribution in [0.3, 0.4) is 0 Å². The molecule has 0 amide bonds. The van der Waals surface area contributed by atoms with Crippen molar-refractivity contribution in [1.29, 1.82) is 5.26 Å². The Hall–Kier alpha value is -1.68. The molecule has 0 saturated carbocycles. The molecular formula is C12H10F3NO2S. The second-order valence-corrected chi connectivity index (χ2v) is 4.96. The van der Waals surface area contributed by atoms with E-state index in [1.54, 1.807) is 0 Å². The molecule has 1 atom stereocenters. The molecule has 0 aromatic heterocycles. The van der Waals surface area contributed by atoms with Gasteiger partial charge in [-0.25, -0.2) is 0 Å². The molecule has 1 unspecified atom stereocenters. The van der Waals surface area contributed by atoms with E-state index >= 15 is 0 Å². The molecule has 0 saturated heterocycles. The van der Waals surface area contributed by atoms with Crippen LogP contribution in [0.4, 0.5) is 13.2 Å². The smallest absolute Gasteiger partial charge is 0.417 e. The fraction of sp³-hybridized carbons (Fsp3) is 0.333. The number of alkyl halides is 3. The van der Waals surface area contributed by atoms with Gasteiger partial charge in [0.15, 0.2) is 0 Å². The summed E-state index contributed by atoms with van der Waals surface area (Å²) in [7, 11) is 0. The summed E-state index contributed by atoms with van der Waals surface area (Å²) in [5.74, 6) is -1.36. The summed E-state index contributed by atoms with van der Waals surface area (Å²) in [6.07, 6.45) is -4.57. The van der Waals surface area contributed by atoms with E-state index in [2.05, 4.69) is 0 Å². The van der Waals surface area contributed by atoms with Gasteiger partial charge >= 0.3 is 12.1 Å². The first-order chi connectivity index (χ1) is 8.75. The van der Waals surface area contributed by atoms with Crippen molar-refractivity contribution in [2.75, 3.05) is 5.75 Å². The first-order valence-corrected chi connectivity index (χ1v) is 6.21. The highest BCUT2D eigenvalue weighted by Crippen LogP contribution is 2.34. The maximum Gasteiger partial charge on any atom is 0.417 e. The molecule has 7 heteroatoms. The standard InChI is InChI=1S/C12H10F3NO2S/c1-7(11(17)18)6-19-9-2-3-10(12(13,14)15)8(4-9)5-16/h2-4,7H,6H2,1H3,(H,17,18). The summed E-state index contributed by atoms with van der Waals surface area (Å²) in [5, 5.41) is 17.4. The highest BCUT2D eigenvalue weighted by atomic mass is 32.2. The van der Waals surface area contributed by atoms with E-state index in [0.717, 1.165) is 23.9 Å². The monoisotopic (exact) mass is 289 g/mol. The summed E-state index contributed by atoms with van der Waals surface area (Å²) < 4.78 is 37.7. The Balaban J connectivity index is 2.90. The molecule has 0 fully saturated rings. The van der Waals surface area contributed by atoms with Crippen molar-refractivity contribution >= 4 is 17.7 Å². The number of hydrogen-bond acceptors (Lipinski definition) is 3. The number of hydrogen-bond donors (Lipinski definition) is 1. The molecule has 0 heterocycles. The first-order valence-electron chi connectivity index (χ1n) is 5.22. The quantitative estimate of drug-likeness (QED) is 0.863. The number of carbonyl (C=O) groups is 1. The van der Waals surface area contributed by atoms with Gasteiger partial charge in [-0.05, 0) is 18.2 Å². The molecule has 1 N–H and O–H groups in total. The number of aliphatic carboxylic acids is 1. The third kappa shape index (κ3) is 4.17. The van der Waals surface area contributed by atoms with Crippen molar-refractivity contribution in [2.45, 2.75) is 18.0 Å². The van der Waals surface area contributed by atoms with Crippen molar-refractivity contribution in [2.24, 2.45) is 5.92 Å². The van der Waals surface area contributed by atoms with Crippen LogP contribution in [0.5, 0.6) is 0 Å². The maximum absolute atomic E-state index is 12.6. The van der Waals surface area contributed by atoms with E-state index in [0.29, 0.717) is 4.90 Å². The summed E-state index contributed by atoms with van der Waals surface area (Å²) >= 11 is 1.11. The van der Waals surface area contributed by atoms with Crippen LogP contribution >= 0.6 is 11.8 Å². The molecule has 1 rings (SSSR count). The average molecular weight is 289 g/mol. The molecular weight excluding hydrogens is 279 g/mol. The predicted octanol–water partition coefficient (Wildman–Crippen LogP) is 3.39. The van der Waals surface area contributed by atoms with Crippen LogP contribution in [-0.2, 0) is 11.0 Å². The van der Waals surface area contributed by atoms with Crippen LogP contribution in [0.1, 0.15) is 18.1 Å². The summed E-state index contributed by atoms with van der Waals surface area (Å²) in [4.78, 5) is 11.1. The van der Waals surface area contributed by atoms with Gasteiger partial charge in [-0.3, -0.25) is 4.79 Å².